The summed E-state index contributed by atoms with van der Waals surface area (Å²) in [6.45, 7) is 2.98. The van der Waals surface area contributed by atoms with Gasteiger partial charge in [0.2, 0.25) is 0 Å². The van der Waals surface area contributed by atoms with Gasteiger partial charge < -0.3 is 20.5 Å². The molecule has 2 amide bonds. The number of β-amino-alcohol motifs (C(OH)–C–C–N with tert-alkyl or cyclic N) is 1. The molecule has 27 heavy (non-hydrogen) atoms. The predicted octanol–water partition coefficient (Wildman–Crippen LogP) is 1.91. The molecule has 0 spiro atoms. The van der Waals surface area contributed by atoms with E-state index < -0.39 is 6.10 Å². The summed E-state index contributed by atoms with van der Waals surface area (Å²) in [4.78, 5) is 14.2. The fourth-order valence-electron chi connectivity index (χ4n) is 3.27. The molecule has 0 unspecified atom stereocenters. The van der Waals surface area contributed by atoms with Gasteiger partial charge in [-0.1, -0.05) is 36.4 Å². The molecule has 3 N–H and O–H groups in total. The van der Waals surface area contributed by atoms with Gasteiger partial charge in [0, 0.05) is 32.7 Å². The summed E-state index contributed by atoms with van der Waals surface area (Å²) in [6, 6.07) is 15.7. The van der Waals surface area contributed by atoms with E-state index in [1.54, 1.807) is 7.11 Å². The van der Waals surface area contributed by atoms with E-state index in [1.807, 2.05) is 30.3 Å². The van der Waals surface area contributed by atoms with Gasteiger partial charge in [0.25, 0.3) is 0 Å². The second-order valence-corrected chi connectivity index (χ2v) is 6.82. The van der Waals surface area contributed by atoms with Crippen molar-refractivity contribution in [2.45, 2.75) is 25.6 Å². The van der Waals surface area contributed by atoms with Crippen molar-refractivity contribution in [3.05, 3.63) is 65.2 Å². The predicted molar refractivity (Wildman–Crippen MR) is 105 cm³/mol. The molecular weight excluding hydrogens is 342 g/mol. The topological polar surface area (TPSA) is 73.8 Å². The zero-order chi connectivity index (χ0) is 19.1. The zero-order valence-electron chi connectivity index (χ0n) is 15.6. The van der Waals surface area contributed by atoms with Crippen molar-refractivity contribution in [1.82, 2.24) is 15.5 Å². The summed E-state index contributed by atoms with van der Waals surface area (Å²) in [7, 11) is 1.62. The van der Waals surface area contributed by atoms with Crippen LogP contribution >= 0.6 is 0 Å². The summed E-state index contributed by atoms with van der Waals surface area (Å²) >= 11 is 0. The van der Waals surface area contributed by atoms with Crippen molar-refractivity contribution >= 4 is 6.03 Å². The van der Waals surface area contributed by atoms with Crippen molar-refractivity contribution in [1.29, 1.82) is 0 Å². The minimum atomic E-state index is -0.595. The van der Waals surface area contributed by atoms with Crippen LogP contribution in [0.3, 0.4) is 0 Å². The SMILES string of the molecule is COc1ccc(CNC(=O)NC[C@@H](O)CN2CCc3ccccc3C2)cc1. The largest absolute Gasteiger partial charge is 0.497 e. The highest BCUT2D eigenvalue weighted by molar-refractivity contribution is 5.73. The molecule has 0 aromatic heterocycles. The summed E-state index contributed by atoms with van der Waals surface area (Å²) in [5.74, 6) is 0.784. The molecule has 0 saturated heterocycles. The quantitative estimate of drug-likeness (QED) is 0.697. The molecule has 1 atom stereocenters. The van der Waals surface area contributed by atoms with Crippen LogP contribution in [-0.4, -0.2) is 48.9 Å². The average Bonchev–Trinajstić information content (AvgIpc) is 2.71. The van der Waals surface area contributed by atoms with E-state index in [4.69, 9.17) is 4.74 Å². The van der Waals surface area contributed by atoms with Gasteiger partial charge in [-0.2, -0.15) is 0 Å². The first-order valence-corrected chi connectivity index (χ1v) is 9.26. The third-order valence-corrected chi connectivity index (χ3v) is 4.79. The van der Waals surface area contributed by atoms with Crippen LogP contribution in [0.5, 0.6) is 5.75 Å². The number of carbonyl (C=O) groups is 1. The van der Waals surface area contributed by atoms with E-state index in [0.29, 0.717) is 13.1 Å². The van der Waals surface area contributed by atoms with Gasteiger partial charge in [-0.3, -0.25) is 4.90 Å². The van der Waals surface area contributed by atoms with Crippen molar-refractivity contribution in [3.63, 3.8) is 0 Å². The van der Waals surface area contributed by atoms with Crippen molar-refractivity contribution < 1.29 is 14.6 Å². The Morgan fingerprint density at radius 3 is 2.63 bits per heavy atom. The van der Waals surface area contributed by atoms with Crippen LogP contribution in [0.15, 0.2) is 48.5 Å². The minimum absolute atomic E-state index is 0.229. The van der Waals surface area contributed by atoms with E-state index in [2.05, 4.69) is 33.7 Å². The number of carbonyl (C=O) groups excluding carboxylic acids is 1. The summed E-state index contributed by atoms with van der Waals surface area (Å²) in [5, 5.41) is 15.8. The Morgan fingerprint density at radius 2 is 1.89 bits per heavy atom. The van der Waals surface area contributed by atoms with Gasteiger partial charge in [0.15, 0.2) is 0 Å². The molecular formula is C21H27N3O3. The van der Waals surface area contributed by atoms with Crippen LogP contribution in [0.1, 0.15) is 16.7 Å². The van der Waals surface area contributed by atoms with Crippen molar-refractivity contribution in [3.8, 4) is 5.75 Å². The fourth-order valence-corrected chi connectivity index (χ4v) is 3.27. The van der Waals surface area contributed by atoms with Crippen LogP contribution in [0.2, 0.25) is 0 Å². The monoisotopic (exact) mass is 369 g/mol. The second kappa shape index (κ2) is 9.39. The molecule has 0 fully saturated rings. The number of ether oxygens (including phenoxy) is 1. The number of nitrogens with zero attached hydrogens (tertiary/aromatic N) is 1. The third kappa shape index (κ3) is 5.70. The summed E-state index contributed by atoms with van der Waals surface area (Å²) in [5.41, 5.74) is 3.69. The van der Waals surface area contributed by atoms with Crippen molar-refractivity contribution in [2.24, 2.45) is 0 Å². The Bertz CT molecular complexity index is 749. The number of urea groups is 1. The number of hydrogen-bond donors (Lipinski definition) is 3. The lowest BCUT2D eigenvalue weighted by Gasteiger charge is -2.30. The van der Waals surface area contributed by atoms with E-state index in [1.165, 1.54) is 11.1 Å². The Kier molecular flexibility index (Phi) is 6.68. The lowest BCUT2D eigenvalue weighted by molar-refractivity contribution is 0.105. The van der Waals surface area contributed by atoms with Gasteiger partial charge in [0.05, 0.1) is 13.2 Å². The number of methoxy groups -OCH3 is 1. The number of benzene rings is 2. The Balaban J connectivity index is 1.36. The number of aliphatic hydroxyl groups excluding tert-OH is 1. The number of hydrogen-bond acceptors (Lipinski definition) is 4. The molecule has 1 heterocycles. The Morgan fingerprint density at radius 1 is 1.15 bits per heavy atom. The molecule has 0 radical (unpaired) electrons. The summed E-state index contributed by atoms with van der Waals surface area (Å²) < 4.78 is 5.11. The maximum Gasteiger partial charge on any atom is 0.315 e. The van der Waals surface area contributed by atoms with Gasteiger partial charge in [-0.05, 0) is 35.2 Å². The lowest BCUT2D eigenvalue weighted by Crippen LogP contribution is -2.44. The number of amides is 2. The van der Waals surface area contributed by atoms with Crippen molar-refractivity contribution in [2.75, 3.05) is 26.7 Å². The Labute approximate surface area is 160 Å². The zero-order valence-corrected chi connectivity index (χ0v) is 15.6. The molecule has 2 aromatic rings. The number of rotatable bonds is 7. The van der Waals surface area contributed by atoms with E-state index >= 15 is 0 Å². The molecule has 1 aliphatic rings. The molecule has 6 heteroatoms. The van der Waals surface area contributed by atoms with Gasteiger partial charge >= 0.3 is 6.03 Å². The highest BCUT2D eigenvalue weighted by atomic mass is 16.5. The van der Waals surface area contributed by atoms with E-state index in [-0.39, 0.29) is 12.6 Å². The highest BCUT2D eigenvalue weighted by Crippen LogP contribution is 2.18. The molecule has 3 rings (SSSR count). The normalized spacial score (nSPS) is 14.9. The molecule has 6 nitrogen and oxygen atoms in total. The maximum atomic E-state index is 11.9. The number of fused-ring (bicyclic) bond motifs is 1. The first-order chi connectivity index (χ1) is 13.1. The van der Waals surface area contributed by atoms with Crippen LogP contribution in [-0.2, 0) is 19.5 Å². The molecule has 0 aliphatic carbocycles. The van der Waals surface area contributed by atoms with Gasteiger partial charge in [0.1, 0.15) is 5.75 Å². The molecule has 0 bridgehead atoms. The molecule has 144 valence electrons. The van der Waals surface area contributed by atoms with E-state index in [0.717, 1.165) is 30.8 Å². The standard InChI is InChI=1S/C21H27N3O3/c1-27-20-8-6-16(7-9-20)12-22-21(26)23-13-19(25)15-24-11-10-17-4-2-3-5-18(17)14-24/h2-9,19,25H,10-15H2,1H3,(H2,22,23,26)/t19-/m1/s1. The highest BCUT2D eigenvalue weighted by Gasteiger charge is 2.18. The summed E-state index contributed by atoms with van der Waals surface area (Å²) in [6.07, 6.45) is 0.403. The smallest absolute Gasteiger partial charge is 0.315 e. The second-order valence-electron chi connectivity index (χ2n) is 6.82. The van der Waals surface area contributed by atoms with Gasteiger partial charge in [-0.25, -0.2) is 4.79 Å². The first kappa shape index (κ1) is 19.2. The average molecular weight is 369 g/mol. The third-order valence-electron chi connectivity index (χ3n) is 4.79. The number of aliphatic hydroxyl groups is 1. The van der Waals surface area contributed by atoms with Gasteiger partial charge in [-0.15, -0.1) is 0 Å². The van der Waals surface area contributed by atoms with E-state index in [9.17, 15) is 9.90 Å². The molecule has 2 aromatic carbocycles. The molecule has 0 saturated carbocycles. The van der Waals surface area contributed by atoms with Crippen LogP contribution in [0.25, 0.3) is 0 Å². The van der Waals surface area contributed by atoms with Crippen LogP contribution in [0.4, 0.5) is 4.79 Å². The molecule has 1 aliphatic heterocycles. The Hall–Kier alpha value is -2.57. The lowest BCUT2D eigenvalue weighted by atomic mass is 10.00. The maximum absolute atomic E-state index is 11.9. The van der Waals surface area contributed by atoms with Crippen LogP contribution < -0.4 is 15.4 Å². The number of nitrogens with one attached hydrogen (secondary N) is 2. The fraction of sp³-hybridized carbons (Fsp3) is 0.381. The first-order valence-electron chi connectivity index (χ1n) is 9.26. The van der Waals surface area contributed by atoms with Crippen LogP contribution in [0, 0.1) is 0 Å². The minimum Gasteiger partial charge on any atom is -0.497 e.